The smallest absolute Gasteiger partial charge is 0.0950 e. The standard InChI is InChI=1S/C15H24N2O/c1-3-17(11(2)12-6-7-18-10-12)15-8-13-4-5-14(9-15)16-13/h6-7,10-11,13-16H,3-5,8-9H2,1-2H3. The quantitative estimate of drug-likeness (QED) is 0.888. The summed E-state index contributed by atoms with van der Waals surface area (Å²) in [5.41, 5.74) is 1.31. The van der Waals surface area contributed by atoms with Crippen LogP contribution in [-0.2, 0) is 0 Å². The van der Waals surface area contributed by atoms with Crippen LogP contribution < -0.4 is 5.32 Å². The molecule has 3 rings (SSSR count). The van der Waals surface area contributed by atoms with E-state index in [1.807, 2.05) is 6.26 Å². The van der Waals surface area contributed by atoms with Gasteiger partial charge >= 0.3 is 0 Å². The lowest BCUT2D eigenvalue weighted by molar-refractivity contribution is 0.107. The number of hydrogen-bond donors (Lipinski definition) is 1. The van der Waals surface area contributed by atoms with E-state index in [1.165, 1.54) is 31.2 Å². The lowest BCUT2D eigenvalue weighted by Crippen LogP contribution is -2.48. The largest absolute Gasteiger partial charge is 0.472 e. The molecule has 3 nitrogen and oxygen atoms in total. The molecule has 0 amide bonds. The van der Waals surface area contributed by atoms with Crippen LogP contribution in [0.5, 0.6) is 0 Å². The molecule has 0 saturated carbocycles. The van der Waals surface area contributed by atoms with E-state index in [4.69, 9.17) is 4.42 Å². The SMILES string of the molecule is CCN(C1CC2CCC(C1)N2)C(C)c1ccoc1. The Hall–Kier alpha value is -0.800. The van der Waals surface area contributed by atoms with Crippen LogP contribution in [0.15, 0.2) is 23.0 Å². The van der Waals surface area contributed by atoms with Crippen LogP contribution in [0.4, 0.5) is 0 Å². The summed E-state index contributed by atoms with van der Waals surface area (Å²) in [6.07, 6.45) is 9.05. The summed E-state index contributed by atoms with van der Waals surface area (Å²) in [5, 5.41) is 3.73. The first-order valence-corrected chi connectivity index (χ1v) is 7.31. The Morgan fingerprint density at radius 2 is 2.11 bits per heavy atom. The number of hydrogen-bond acceptors (Lipinski definition) is 3. The molecule has 0 aliphatic carbocycles. The third-order valence-electron chi connectivity index (χ3n) is 4.81. The van der Waals surface area contributed by atoms with E-state index in [1.54, 1.807) is 6.26 Å². The topological polar surface area (TPSA) is 28.4 Å². The first-order chi connectivity index (χ1) is 8.78. The van der Waals surface area contributed by atoms with E-state index in [0.717, 1.165) is 24.7 Å². The molecular formula is C15H24N2O. The minimum Gasteiger partial charge on any atom is -0.472 e. The highest BCUT2D eigenvalue weighted by Gasteiger charge is 2.37. The monoisotopic (exact) mass is 248 g/mol. The Bertz CT molecular complexity index is 364. The molecule has 3 heterocycles. The van der Waals surface area contributed by atoms with Crippen molar-refractivity contribution in [1.29, 1.82) is 0 Å². The van der Waals surface area contributed by atoms with E-state index >= 15 is 0 Å². The molecule has 1 N–H and O–H groups in total. The number of rotatable bonds is 4. The zero-order valence-corrected chi connectivity index (χ0v) is 11.4. The van der Waals surface area contributed by atoms with Crippen LogP contribution in [-0.4, -0.2) is 29.6 Å². The molecule has 2 aliphatic rings. The van der Waals surface area contributed by atoms with Crippen LogP contribution in [0.1, 0.15) is 51.1 Å². The maximum absolute atomic E-state index is 5.23. The number of nitrogens with one attached hydrogen (secondary N) is 1. The predicted molar refractivity (Wildman–Crippen MR) is 72.5 cm³/mol. The van der Waals surface area contributed by atoms with Gasteiger partial charge in [0.1, 0.15) is 0 Å². The molecule has 3 atom stereocenters. The highest BCUT2D eigenvalue weighted by atomic mass is 16.3. The second-order valence-corrected chi connectivity index (χ2v) is 5.83. The molecule has 0 radical (unpaired) electrons. The normalized spacial score (nSPS) is 32.9. The van der Waals surface area contributed by atoms with Gasteiger partial charge in [0, 0.05) is 29.7 Å². The van der Waals surface area contributed by atoms with E-state index in [2.05, 4.69) is 30.1 Å². The van der Waals surface area contributed by atoms with Gasteiger partial charge in [-0.1, -0.05) is 6.92 Å². The van der Waals surface area contributed by atoms with Crippen LogP contribution in [0.3, 0.4) is 0 Å². The molecule has 2 bridgehead atoms. The maximum Gasteiger partial charge on any atom is 0.0950 e. The number of fused-ring (bicyclic) bond motifs is 2. The molecule has 1 aromatic rings. The van der Waals surface area contributed by atoms with Crippen LogP contribution in [0, 0.1) is 0 Å². The molecule has 1 aromatic heterocycles. The number of nitrogens with zero attached hydrogens (tertiary/aromatic N) is 1. The fourth-order valence-corrected chi connectivity index (χ4v) is 3.85. The third-order valence-corrected chi connectivity index (χ3v) is 4.81. The Labute approximate surface area is 110 Å². The van der Waals surface area contributed by atoms with Crippen molar-refractivity contribution in [3.8, 4) is 0 Å². The molecule has 3 unspecified atom stereocenters. The summed E-state index contributed by atoms with van der Waals surface area (Å²) >= 11 is 0. The Morgan fingerprint density at radius 3 is 2.67 bits per heavy atom. The second kappa shape index (κ2) is 5.06. The van der Waals surface area contributed by atoms with Gasteiger partial charge in [0.2, 0.25) is 0 Å². The van der Waals surface area contributed by atoms with Crippen molar-refractivity contribution in [2.45, 2.75) is 63.7 Å². The average molecular weight is 248 g/mol. The zero-order valence-electron chi connectivity index (χ0n) is 11.4. The van der Waals surface area contributed by atoms with E-state index < -0.39 is 0 Å². The molecule has 18 heavy (non-hydrogen) atoms. The third kappa shape index (κ3) is 2.21. The van der Waals surface area contributed by atoms with Gasteiger partial charge in [-0.15, -0.1) is 0 Å². The van der Waals surface area contributed by atoms with Crippen LogP contribution >= 0.6 is 0 Å². The Morgan fingerprint density at radius 1 is 1.39 bits per heavy atom. The lowest BCUT2D eigenvalue weighted by atomic mass is 9.96. The fourth-order valence-electron chi connectivity index (χ4n) is 3.85. The van der Waals surface area contributed by atoms with Gasteiger partial charge in [-0.25, -0.2) is 0 Å². The highest BCUT2D eigenvalue weighted by molar-refractivity contribution is 5.11. The summed E-state index contributed by atoms with van der Waals surface area (Å²) in [6.45, 7) is 5.70. The first-order valence-electron chi connectivity index (χ1n) is 7.31. The van der Waals surface area contributed by atoms with Crippen LogP contribution in [0.25, 0.3) is 0 Å². The summed E-state index contributed by atoms with van der Waals surface area (Å²) in [4.78, 5) is 2.65. The predicted octanol–water partition coefficient (Wildman–Crippen LogP) is 2.95. The van der Waals surface area contributed by atoms with Gasteiger partial charge in [-0.05, 0) is 45.2 Å². The van der Waals surface area contributed by atoms with Crippen molar-refractivity contribution in [2.24, 2.45) is 0 Å². The maximum atomic E-state index is 5.23. The highest BCUT2D eigenvalue weighted by Crippen LogP contribution is 2.33. The van der Waals surface area contributed by atoms with Gasteiger partial charge in [0.05, 0.1) is 12.5 Å². The van der Waals surface area contributed by atoms with Crippen molar-refractivity contribution >= 4 is 0 Å². The molecular weight excluding hydrogens is 224 g/mol. The zero-order chi connectivity index (χ0) is 12.5. The molecule has 3 heteroatoms. The number of furan rings is 1. The molecule has 0 aromatic carbocycles. The van der Waals surface area contributed by atoms with E-state index in [-0.39, 0.29) is 0 Å². The molecule has 2 aliphatic heterocycles. The van der Waals surface area contributed by atoms with Gasteiger partial charge in [0.15, 0.2) is 0 Å². The Balaban J connectivity index is 1.72. The second-order valence-electron chi connectivity index (χ2n) is 5.83. The van der Waals surface area contributed by atoms with Gasteiger partial charge < -0.3 is 9.73 Å². The average Bonchev–Trinajstić information content (AvgIpc) is 3.00. The van der Waals surface area contributed by atoms with Crippen molar-refractivity contribution in [1.82, 2.24) is 10.2 Å². The van der Waals surface area contributed by atoms with Crippen molar-refractivity contribution < 1.29 is 4.42 Å². The number of piperidine rings is 1. The first kappa shape index (κ1) is 12.2. The summed E-state index contributed by atoms with van der Waals surface area (Å²) < 4.78 is 5.23. The summed E-state index contributed by atoms with van der Waals surface area (Å²) in [6, 6.07) is 4.83. The molecule has 2 fully saturated rings. The summed E-state index contributed by atoms with van der Waals surface area (Å²) in [7, 11) is 0. The minimum atomic E-state index is 0.469. The van der Waals surface area contributed by atoms with Gasteiger partial charge in [-0.2, -0.15) is 0 Å². The van der Waals surface area contributed by atoms with Crippen LogP contribution in [0.2, 0.25) is 0 Å². The molecule has 100 valence electrons. The van der Waals surface area contributed by atoms with Gasteiger partial charge in [0.25, 0.3) is 0 Å². The van der Waals surface area contributed by atoms with E-state index in [9.17, 15) is 0 Å². The lowest BCUT2D eigenvalue weighted by Gasteiger charge is -2.40. The van der Waals surface area contributed by atoms with Crippen molar-refractivity contribution in [2.75, 3.05) is 6.54 Å². The van der Waals surface area contributed by atoms with E-state index in [0.29, 0.717) is 6.04 Å². The van der Waals surface area contributed by atoms with Crippen molar-refractivity contribution in [3.63, 3.8) is 0 Å². The van der Waals surface area contributed by atoms with Gasteiger partial charge in [-0.3, -0.25) is 4.90 Å². The minimum absolute atomic E-state index is 0.469. The summed E-state index contributed by atoms with van der Waals surface area (Å²) in [5.74, 6) is 0. The molecule has 2 saturated heterocycles. The Kier molecular flexibility index (Phi) is 3.44. The van der Waals surface area contributed by atoms with Crippen molar-refractivity contribution in [3.05, 3.63) is 24.2 Å². The fraction of sp³-hybridized carbons (Fsp3) is 0.733. The molecule has 0 spiro atoms.